The molecule has 24 heavy (non-hydrogen) atoms. The molecule has 0 bridgehead atoms. The summed E-state index contributed by atoms with van der Waals surface area (Å²) in [6, 6.07) is 7.34. The van der Waals surface area contributed by atoms with Crippen molar-refractivity contribution in [1.82, 2.24) is 9.80 Å². The minimum absolute atomic E-state index is 0.226. The summed E-state index contributed by atoms with van der Waals surface area (Å²) in [7, 11) is 3.19. The van der Waals surface area contributed by atoms with Crippen LogP contribution in [0.25, 0.3) is 0 Å². The van der Waals surface area contributed by atoms with Crippen molar-refractivity contribution in [2.45, 2.75) is 26.4 Å². The molecule has 0 aromatic heterocycles. The van der Waals surface area contributed by atoms with Gasteiger partial charge in [-0.15, -0.1) is 0 Å². The molecular weight excluding hydrogens is 324 g/mol. The Bertz CT molecular complexity index is 772. The van der Waals surface area contributed by atoms with Gasteiger partial charge in [-0.1, -0.05) is 36.8 Å². The standard InChI is InChI=1S/C17H21N4O2S/c1-5-24-16-18-14-13(15(22)20(4)17(23)19(14)3)21(16)10-12-8-6-7-11(2)9-12/h6-9,13H,5,10H2,1-4H3/q+1. The molecular formula is C17H21N4O2S+. The highest BCUT2D eigenvalue weighted by Crippen LogP contribution is 2.24. The van der Waals surface area contributed by atoms with E-state index < -0.39 is 6.04 Å². The van der Waals surface area contributed by atoms with Crippen molar-refractivity contribution < 1.29 is 14.2 Å². The molecule has 126 valence electrons. The topological polar surface area (TPSA) is 56.0 Å². The number of hydrogen-bond donors (Lipinski definition) is 0. The molecule has 1 aromatic rings. The van der Waals surface area contributed by atoms with E-state index in [9.17, 15) is 9.59 Å². The molecule has 1 atom stereocenters. The number of nitrogens with zero attached hydrogens (tertiary/aromatic N) is 4. The second-order valence-electron chi connectivity index (χ2n) is 5.94. The fourth-order valence-corrected chi connectivity index (χ4v) is 3.74. The van der Waals surface area contributed by atoms with Gasteiger partial charge in [-0.2, -0.15) is 0 Å². The van der Waals surface area contributed by atoms with E-state index in [1.54, 1.807) is 18.8 Å². The van der Waals surface area contributed by atoms with E-state index in [4.69, 9.17) is 0 Å². The van der Waals surface area contributed by atoms with Crippen LogP contribution in [0.5, 0.6) is 0 Å². The number of aliphatic imine (C=N–C) groups is 1. The summed E-state index contributed by atoms with van der Waals surface area (Å²) in [6.45, 7) is 4.68. The first-order chi connectivity index (χ1) is 11.4. The Morgan fingerprint density at radius 2 is 2.00 bits per heavy atom. The molecule has 1 aromatic carbocycles. The maximum atomic E-state index is 12.7. The van der Waals surface area contributed by atoms with Crippen molar-refractivity contribution in [2.24, 2.45) is 4.99 Å². The Morgan fingerprint density at radius 1 is 1.25 bits per heavy atom. The minimum Gasteiger partial charge on any atom is -0.269 e. The zero-order chi connectivity index (χ0) is 17.4. The summed E-state index contributed by atoms with van der Waals surface area (Å²) < 4.78 is 2.00. The number of urea groups is 1. The van der Waals surface area contributed by atoms with E-state index in [0.717, 1.165) is 16.5 Å². The van der Waals surface area contributed by atoms with Gasteiger partial charge >= 0.3 is 11.2 Å². The third kappa shape index (κ3) is 2.73. The summed E-state index contributed by atoms with van der Waals surface area (Å²) in [5.74, 6) is 1.15. The number of amidine groups is 2. The van der Waals surface area contributed by atoms with E-state index in [2.05, 4.69) is 11.1 Å². The van der Waals surface area contributed by atoms with Gasteiger partial charge in [0.25, 0.3) is 17.8 Å². The highest BCUT2D eigenvalue weighted by atomic mass is 32.2. The number of benzene rings is 1. The van der Waals surface area contributed by atoms with Crippen LogP contribution in [0.4, 0.5) is 4.79 Å². The number of thioether (sulfide) groups is 1. The van der Waals surface area contributed by atoms with Crippen LogP contribution >= 0.6 is 11.8 Å². The molecule has 2 aliphatic heterocycles. The Balaban J connectivity index is 2.01. The van der Waals surface area contributed by atoms with Gasteiger partial charge in [0.2, 0.25) is 0 Å². The molecule has 7 heteroatoms. The number of rotatable bonds is 3. The zero-order valence-corrected chi connectivity index (χ0v) is 15.1. The molecule has 6 nitrogen and oxygen atoms in total. The summed E-state index contributed by atoms with van der Waals surface area (Å²) in [5.41, 5.74) is 2.30. The molecule has 2 aliphatic rings. The molecule has 1 saturated heterocycles. The number of amides is 3. The first-order valence-corrected chi connectivity index (χ1v) is 8.88. The van der Waals surface area contributed by atoms with E-state index in [1.165, 1.54) is 22.4 Å². The molecule has 2 heterocycles. The number of likely N-dealkylation sites (N-methyl/N-ethyl adjacent to an activating group) is 2. The Hall–Kier alpha value is -2.15. The normalized spacial score (nSPS) is 20.7. The Labute approximate surface area is 145 Å². The highest BCUT2D eigenvalue weighted by Gasteiger charge is 2.53. The predicted molar refractivity (Wildman–Crippen MR) is 95.4 cm³/mol. The second kappa shape index (κ2) is 6.39. The second-order valence-corrected chi connectivity index (χ2v) is 7.18. The third-order valence-electron chi connectivity index (χ3n) is 4.20. The quantitative estimate of drug-likeness (QED) is 0.787. The number of carbonyl (C=O) groups is 2. The van der Waals surface area contributed by atoms with Crippen LogP contribution in [0.2, 0.25) is 0 Å². The van der Waals surface area contributed by atoms with Crippen LogP contribution in [0, 0.1) is 6.92 Å². The van der Waals surface area contributed by atoms with Crippen molar-refractivity contribution in [1.29, 1.82) is 0 Å². The van der Waals surface area contributed by atoms with Gasteiger partial charge in [0.1, 0.15) is 6.54 Å². The summed E-state index contributed by atoms with van der Waals surface area (Å²) in [6.07, 6.45) is 0. The first-order valence-electron chi connectivity index (χ1n) is 7.89. The van der Waals surface area contributed by atoms with Crippen LogP contribution in [-0.2, 0) is 11.3 Å². The van der Waals surface area contributed by atoms with Gasteiger partial charge < -0.3 is 0 Å². The monoisotopic (exact) mass is 345 g/mol. The summed E-state index contributed by atoms with van der Waals surface area (Å²) in [4.78, 5) is 32.1. The van der Waals surface area contributed by atoms with E-state index >= 15 is 0 Å². The van der Waals surface area contributed by atoms with Crippen LogP contribution in [0.3, 0.4) is 0 Å². The van der Waals surface area contributed by atoms with Crippen LogP contribution in [0.15, 0.2) is 29.3 Å². The van der Waals surface area contributed by atoms with Crippen LogP contribution < -0.4 is 0 Å². The minimum atomic E-state index is -0.535. The SMILES string of the molecule is CCSC1=[N+](Cc2cccc(C)c2)C2C(=O)N(C)C(=O)N(C)C2=N1. The fraction of sp³-hybridized carbons (Fsp3) is 0.412. The third-order valence-corrected chi connectivity index (χ3v) is 5.08. The number of hydrogen-bond acceptors (Lipinski definition) is 4. The first kappa shape index (κ1) is 16.7. The smallest absolute Gasteiger partial charge is 0.269 e. The van der Waals surface area contributed by atoms with E-state index in [1.807, 2.05) is 36.6 Å². The van der Waals surface area contributed by atoms with Gasteiger partial charge in [0, 0.05) is 19.8 Å². The molecule has 3 rings (SSSR count). The predicted octanol–water partition coefficient (Wildman–Crippen LogP) is 1.92. The lowest BCUT2D eigenvalue weighted by Crippen LogP contribution is -2.61. The summed E-state index contributed by atoms with van der Waals surface area (Å²) >= 11 is 1.59. The van der Waals surface area contributed by atoms with Crippen molar-refractivity contribution in [3.8, 4) is 0 Å². The molecule has 0 spiro atoms. The number of aryl methyl sites for hydroxylation is 1. The fourth-order valence-electron chi connectivity index (χ4n) is 2.99. The molecule has 1 unspecified atom stereocenters. The maximum Gasteiger partial charge on any atom is 0.358 e. The van der Waals surface area contributed by atoms with E-state index in [-0.39, 0.29) is 11.9 Å². The average Bonchev–Trinajstić information content (AvgIpc) is 2.90. The Morgan fingerprint density at radius 3 is 2.67 bits per heavy atom. The van der Waals surface area contributed by atoms with Gasteiger partial charge in [-0.05, 0) is 29.2 Å². The molecule has 0 saturated carbocycles. The maximum absolute atomic E-state index is 12.7. The lowest BCUT2D eigenvalue weighted by molar-refractivity contribution is -0.548. The number of fused-ring (bicyclic) bond motifs is 1. The van der Waals surface area contributed by atoms with Gasteiger partial charge in [0.15, 0.2) is 0 Å². The molecule has 0 radical (unpaired) electrons. The van der Waals surface area contributed by atoms with Crippen molar-refractivity contribution in [2.75, 3.05) is 19.8 Å². The van der Waals surface area contributed by atoms with Gasteiger partial charge in [0.05, 0.1) is 0 Å². The van der Waals surface area contributed by atoms with Crippen molar-refractivity contribution >= 4 is 34.7 Å². The Kier molecular flexibility index (Phi) is 4.45. The molecule has 3 amide bonds. The molecule has 0 N–H and O–H groups in total. The van der Waals surface area contributed by atoms with Gasteiger partial charge in [-0.3, -0.25) is 14.6 Å². The largest absolute Gasteiger partial charge is 0.358 e. The van der Waals surface area contributed by atoms with Crippen molar-refractivity contribution in [3.63, 3.8) is 0 Å². The number of carbonyl (C=O) groups excluding carboxylic acids is 2. The highest BCUT2D eigenvalue weighted by molar-refractivity contribution is 8.13. The molecule has 1 fully saturated rings. The lowest BCUT2D eigenvalue weighted by Gasteiger charge is -2.30. The van der Waals surface area contributed by atoms with Crippen molar-refractivity contribution in [3.05, 3.63) is 35.4 Å². The average molecular weight is 345 g/mol. The van der Waals surface area contributed by atoms with Crippen LogP contribution in [0.1, 0.15) is 18.1 Å². The van der Waals surface area contributed by atoms with Gasteiger partial charge in [-0.25, -0.2) is 9.37 Å². The lowest BCUT2D eigenvalue weighted by atomic mass is 10.1. The summed E-state index contributed by atoms with van der Waals surface area (Å²) in [5, 5.41) is 0.794. The van der Waals surface area contributed by atoms with E-state index in [0.29, 0.717) is 12.4 Å². The number of imide groups is 1. The zero-order valence-electron chi connectivity index (χ0n) is 14.3. The molecule has 0 aliphatic carbocycles. The van der Waals surface area contributed by atoms with Crippen LogP contribution in [-0.4, -0.2) is 63.2 Å².